The van der Waals surface area contributed by atoms with E-state index in [0.29, 0.717) is 17.1 Å². The van der Waals surface area contributed by atoms with Gasteiger partial charge in [-0.15, -0.1) is 0 Å². The lowest BCUT2D eigenvalue weighted by Gasteiger charge is -2.27. The third-order valence-electron chi connectivity index (χ3n) is 3.93. The van der Waals surface area contributed by atoms with E-state index in [1.54, 1.807) is 19.3 Å². The first-order valence-corrected chi connectivity index (χ1v) is 8.75. The van der Waals surface area contributed by atoms with Crippen molar-refractivity contribution >= 4 is 46.3 Å². The number of amides is 1. The van der Waals surface area contributed by atoms with Crippen LogP contribution in [0.4, 0.5) is 0 Å². The molecule has 1 heterocycles. The zero-order valence-corrected chi connectivity index (χ0v) is 15.3. The molecule has 7 heteroatoms. The van der Waals surface area contributed by atoms with Crippen molar-refractivity contribution in [3.05, 3.63) is 34.7 Å². The molecule has 0 saturated carbocycles. The predicted octanol–water partition coefficient (Wildman–Crippen LogP) is 3.40. The number of carbonyl (C=O) groups is 2. The highest BCUT2D eigenvalue weighted by atomic mass is 32.2. The molecule has 0 radical (unpaired) electrons. The van der Waals surface area contributed by atoms with Gasteiger partial charge in [-0.3, -0.25) is 9.69 Å². The molecule has 1 aliphatic heterocycles. The molecule has 0 aliphatic carbocycles. The number of hydrogen-bond donors (Lipinski definition) is 1. The van der Waals surface area contributed by atoms with Crippen LogP contribution in [0.5, 0.6) is 5.75 Å². The summed E-state index contributed by atoms with van der Waals surface area (Å²) in [5.74, 6) is -0.910. The van der Waals surface area contributed by atoms with E-state index in [1.807, 2.05) is 32.0 Å². The molecule has 2 rings (SSSR count). The van der Waals surface area contributed by atoms with Gasteiger partial charge < -0.3 is 9.84 Å². The van der Waals surface area contributed by atoms with Crippen LogP contribution in [0.2, 0.25) is 0 Å². The summed E-state index contributed by atoms with van der Waals surface area (Å²) >= 11 is 6.39. The zero-order chi connectivity index (χ0) is 17.9. The molecule has 0 aromatic heterocycles. The van der Waals surface area contributed by atoms with E-state index < -0.39 is 12.0 Å². The highest BCUT2D eigenvalue weighted by molar-refractivity contribution is 8.26. The first-order valence-electron chi connectivity index (χ1n) is 7.53. The molecule has 1 aromatic carbocycles. The largest absolute Gasteiger partial charge is 0.497 e. The van der Waals surface area contributed by atoms with Gasteiger partial charge in [-0.05, 0) is 29.7 Å². The van der Waals surface area contributed by atoms with Crippen LogP contribution in [0.3, 0.4) is 0 Å². The lowest BCUT2D eigenvalue weighted by molar-refractivity contribution is -0.147. The number of benzene rings is 1. The van der Waals surface area contributed by atoms with Crippen molar-refractivity contribution in [1.82, 2.24) is 4.90 Å². The molecular formula is C17H19NO4S2. The van der Waals surface area contributed by atoms with Crippen LogP contribution < -0.4 is 4.74 Å². The number of carbonyl (C=O) groups excluding carboxylic acids is 1. The number of hydrogen-bond acceptors (Lipinski definition) is 5. The average molecular weight is 365 g/mol. The summed E-state index contributed by atoms with van der Waals surface area (Å²) in [6, 6.07) is 6.34. The summed E-state index contributed by atoms with van der Waals surface area (Å²) in [5.41, 5.74) is 0.797. The number of rotatable bonds is 6. The van der Waals surface area contributed by atoms with Crippen LogP contribution in [0.15, 0.2) is 29.2 Å². The van der Waals surface area contributed by atoms with E-state index >= 15 is 0 Å². The van der Waals surface area contributed by atoms with Gasteiger partial charge in [0.25, 0.3) is 5.91 Å². The summed E-state index contributed by atoms with van der Waals surface area (Å²) in [5, 5.41) is 9.52. The molecule has 128 valence electrons. The number of carboxylic acids is 1. The molecule has 1 fully saturated rings. The summed E-state index contributed by atoms with van der Waals surface area (Å²) in [7, 11) is 1.57. The van der Waals surface area contributed by atoms with Crippen LogP contribution in [-0.2, 0) is 9.59 Å². The van der Waals surface area contributed by atoms with E-state index in [9.17, 15) is 14.7 Å². The van der Waals surface area contributed by atoms with Crippen molar-refractivity contribution in [2.45, 2.75) is 26.3 Å². The number of ether oxygens (including phenoxy) is 1. The Morgan fingerprint density at radius 1 is 1.50 bits per heavy atom. The quantitative estimate of drug-likeness (QED) is 0.616. The normalized spacial score (nSPS) is 18.8. The summed E-state index contributed by atoms with van der Waals surface area (Å²) < 4.78 is 5.45. The molecule has 1 aromatic rings. The Kier molecular flexibility index (Phi) is 6.01. The smallest absolute Gasteiger partial charge is 0.327 e. The highest BCUT2D eigenvalue weighted by Gasteiger charge is 2.42. The van der Waals surface area contributed by atoms with Gasteiger partial charge in [0.2, 0.25) is 0 Å². The van der Waals surface area contributed by atoms with Crippen molar-refractivity contribution < 1.29 is 19.4 Å². The molecule has 0 unspecified atom stereocenters. The van der Waals surface area contributed by atoms with Crippen LogP contribution in [0, 0.1) is 5.92 Å². The summed E-state index contributed by atoms with van der Waals surface area (Å²) in [6.45, 7) is 3.70. The molecule has 5 nitrogen and oxygen atoms in total. The third-order valence-corrected chi connectivity index (χ3v) is 5.26. The minimum atomic E-state index is -1.04. The monoisotopic (exact) mass is 365 g/mol. The van der Waals surface area contributed by atoms with Crippen molar-refractivity contribution in [3.63, 3.8) is 0 Å². The first-order chi connectivity index (χ1) is 11.4. The molecule has 1 aliphatic rings. The molecule has 0 spiro atoms. The van der Waals surface area contributed by atoms with Crippen LogP contribution in [0.25, 0.3) is 6.08 Å². The lowest BCUT2D eigenvalue weighted by atomic mass is 9.98. The maximum Gasteiger partial charge on any atom is 0.327 e. The number of thiocarbonyl (C=S) groups is 1. The van der Waals surface area contributed by atoms with E-state index in [-0.39, 0.29) is 16.1 Å². The molecular weight excluding hydrogens is 346 g/mol. The van der Waals surface area contributed by atoms with Crippen LogP contribution >= 0.6 is 24.0 Å². The van der Waals surface area contributed by atoms with Crippen molar-refractivity contribution in [2.24, 2.45) is 5.92 Å². The van der Waals surface area contributed by atoms with Crippen molar-refractivity contribution in [1.29, 1.82) is 0 Å². The Morgan fingerprint density at radius 2 is 2.21 bits per heavy atom. The fourth-order valence-electron chi connectivity index (χ4n) is 2.43. The SMILES string of the molecule is CC[C@@H](C)[C@@H](C(=O)O)N1C(=O)/C(=C/c2cccc(OC)c2)SC1=S. The van der Waals surface area contributed by atoms with Gasteiger partial charge in [-0.2, -0.15) is 0 Å². The second kappa shape index (κ2) is 7.81. The van der Waals surface area contributed by atoms with Crippen LogP contribution in [-0.4, -0.2) is 39.4 Å². The molecule has 1 amide bonds. The zero-order valence-electron chi connectivity index (χ0n) is 13.7. The number of methoxy groups -OCH3 is 1. The lowest BCUT2D eigenvalue weighted by Crippen LogP contribution is -2.47. The Bertz CT molecular complexity index is 702. The Morgan fingerprint density at radius 3 is 2.79 bits per heavy atom. The molecule has 0 bridgehead atoms. The van der Waals surface area contributed by atoms with Gasteiger partial charge in [-0.1, -0.05) is 56.4 Å². The third kappa shape index (κ3) is 3.79. The van der Waals surface area contributed by atoms with E-state index in [2.05, 4.69) is 0 Å². The minimum absolute atomic E-state index is 0.193. The molecule has 1 N–H and O–H groups in total. The van der Waals surface area contributed by atoms with E-state index in [1.165, 1.54) is 4.90 Å². The minimum Gasteiger partial charge on any atom is -0.497 e. The van der Waals surface area contributed by atoms with Gasteiger partial charge >= 0.3 is 5.97 Å². The number of thioether (sulfide) groups is 1. The van der Waals surface area contributed by atoms with Gasteiger partial charge in [-0.25, -0.2) is 4.79 Å². The van der Waals surface area contributed by atoms with Crippen molar-refractivity contribution in [2.75, 3.05) is 7.11 Å². The second-order valence-electron chi connectivity index (χ2n) is 5.50. The predicted molar refractivity (Wildman–Crippen MR) is 98.9 cm³/mol. The van der Waals surface area contributed by atoms with Gasteiger partial charge in [0.1, 0.15) is 16.1 Å². The maximum atomic E-state index is 12.7. The standard InChI is InChI=1S/C17H19NO4S2/c1-4-10(2)14(16(20)21)18-15(19)13(24-17(18)23)9-11-6-5-7-12(8-11)22-3/h5-10,14H,4H2,1-3H3,(H,20,21)/b13-9-/t10-,14+/m1/s1. The Balaban J connectivity index is 2.33. The van der Waals surface area contributed by atoms with Crippen molar-refractivity contribution in [3.8, 4) is 5.75 Å². The fourth-order valence-corrected chi connectivity index (χ4v) is 3.76. The number of aliphatic carboxylic acids is 1. The summed E-state index contributed by atoms with van der Waals surface area (Å²) in [6.07, 6.45) is 2.35. The molecule has 24 heavy (non-hydrogen) atoms. The van der Waals surface area contributed by atoms with Gasteiger partial charge in [0.15, 0.2) is 0 Å². The maximum absolute atomic E-state index is 12.7. The van der Waals surface area contributed by atoms with E-state index in [0.717, 1.165) is 17.3 Å². The number of carboxylic acid groups (broad SMARTS) is 1. The number of nitrogens with zero attached hydrogens (tertiary/aromatic N) is 1. The van der Waals surface area contributed by atoms with Crippen LogP contribution in [0.1, 0.15) is 25.8 Å². The molecule has 1 saturated heterocycles. The Labute approximate surface area is 150 Å². The second-order valence-corrected chi connectivity index (χ2v) is 7.17. The van der Waals surface area contributed by atoms with Gasteiger partial charge in [0, 0.05) is 0 Å². The Hall–Kier alpha value is -1.86. The van der Waals surface area contributed by atoms with E-state index in [4.69, 9.17) is 17.0 Å². The highest BCUT2D eigenvalue weighted by Crippen LogP contribution is 2.36. The fraction of sp³-hybridized carbons (Fsp3) is 0.353. The molecule has 2 atom stereocenters. The first kappa shape index (κ1) is 18.5. The summed E-state index contributed by atoms with van der Waals surface area (Å²) in [4.78, 5) is 26.0. The topological polar surface area (TPSA) is 66.8 Å². The van der Waals surface area contributed by atoms with Gasteiger partial charge in [0.05, 0.1) is 12.0 Å². The average Bonchev–Trinajstić information content (AvgIpc) is 2.82.